The highest BCUT2D eigenvalue weighted by Gasteiger charge is 2.38. The van der Waals surface area contributed by atoms with Crippen molar-refractivity contribution in [3.05, 3.63) is 23.8 Å². The maximum atomic E-state index is 12.3. The summed E-state index contributed by atoms with van der Waals surface area (Å²) in [6.07, 6.45) is 0.165. The van der Waals surface area contributed by atoms with Crippen LogP contribution in [0.3, 0.4) is 0 Å². The molecule has 2 rings (SSSR count). The van der Waals surface area contributed by atoms with Crippen LogP contribution in [0.5, 0.6) is 0 Å². The zero-order chi connectivity index (χ0) is 13.6. The minimum absolute atomic E-state index is 0.0573. The molecule has 1 aromatic rings. The van der Waals surface area contributed by atoms with Gasteiger partial charge in [-0.2, -0.15) is 0 Å². The first-order valence-corrected chi connectivity index (χ1v) is 8.89. The smallest absolute Gasteiger partial charge is 0.182 e. The van der Waals surface area contributed by atoms with E-state index in [9.17, 15) is 16.8 Å². The lowest BCUT2D eigenvalue weighted by molar-refractivity contribution is 0.582. The molecular weight excluding hydrogens is 274 g/mol. The summed E-state index contributed by atoms with van der Waals surface area (Å²) in [5.41, 5.74) is 6.89. The summed E-state index contributed by atoms with van der Waals surface area (Å²) in [7, 11) is -6.82. The third kappa shape index (κ3) is 2.37. The van der Waals surface area contributed by atoms with Gasteiger partial charge in [0.15, 0.2) is 19.7 Å². The van der Waals surface area contributed by atoms with Gasteiger partial charge in [0, 0.05) is 5.69 Å². The Kier molecular flexibility index (Phi) is 3.14. The molecule has 1 atom stereocenters. The zero-order valence-electron chi connectivity index (χ0n) is 9.96. The van der Waals surface area contributed by atoms with E-state index < -0.39 is 24.9 Å². The van der Waals surface area contributed by atoms with Crippen LogP contribution in [0, 0.1) is 6.92 Å². The Morgan fingerprint density at radius 3 is 2.50 bits per heavy atom. The number of nitrogen functional groups attached to an aromatic ring is 1. The predicted molar refractivity (Wildman–Crippen MR) is 69.8 cm³/mol. The molecule has 1 aliphatic heterocycles. The molecule has 0 saturated carbocycles. The normalized spacial score (nSPS) is 23.1. The summed E-state index contributed by atoms with van der Waals surface area (Å²) in [6.45, 7) is 1.78. The Balaban J connectivity index is 2.40. The van der Waals surface area contributed by atoms with Gasteiger partial charge in [-0.1, -0.05) is 6.07 Å². The van der Waals surface area contributed by atoms with Crippen molar-refractivity contribution in [1.29, 1.82) is 0 Å². The van der Waals surface area contributed by atoms with E-state index in [0.717, 1.165) is 5.56 Å². The van der Waals surface area contributed by atoms with Gasteiger partial charge in [-0.15, -0.1) is 0 Å². The highest BCUT2D eigenvalue weighted by molar-refractivity contribution is 7.96. The van der Waals surface area contributed by atoms with E-state index >= 15 is 0 Å². The van der Waals surface area contributed by atoms with Crippen molar-refractivity contribution in [2.24, 2.45) is 0 Å². The summed E-state index contributed by atoms with van der Waals surface area (Å²) in [5.74, 6) is -0.346. The SMILES string of the molecule is Cc1ccc(S(=O)(=O)C2CCS(=O)(=O)C2)cc1N. The fourth-order valence-electron chi connectivity index (χ4n) is 1.99. The predicted octanol–water partition coefficient (Wildman–Crippen LogP) is 0.538. The minimum atomic E-state index is -3.61. The second-order valence-corrected chi connectivity index (χ2v) is 9.05. The van der Waals surface area contributed by atoms with Crippen LogP contribution in [0.1, 0.15) is 12.0 Å². The average Bonchev–Trinajstić information content (AvgIpc) is 2.63. The Morgan fingerprint density at radius 2 is 2.00 bits per heavy atom. The molecule has 1 saturated heterocycles. The van der Waals surface area contributed by atoms with E-state index in [2.05, 4.69) is 0 Å². The first kappa shape index (κ1) is 13.4. The van der Waals surface area contributed by atoms with Crippen molar-refractivity contribution in [1.82, 2.24) is 0 Å². The van der Waals surface area contributed by atoms with Gasteiger partial charge in [0.1, 0.15) is 0 Å². The lowest BCUT2D eigenvalue weighted by Crippen LogP contribution is -2.22. The zero-order valence-corrected chi connectivity index (χ0v) is 11.6. The molecule has 0 spiro atoms. The minimum Gasteiger partial charge on any atom is -0.398 e. The van der Waals surface area contributed by atoms with Crippen LogP contribution in [-0.2, 0) is 19.7 Å². The first-order valence-electron chi connectivity index (χ1n) is 5.53. The van der Waals surface area contributed by atoms with Gasteiger partial charge >= 0.3 is 0 Å². The fourth-order valence-corrected chi connectivity index (χ4v) is 6.39. The molecule has 0 radical (unpaired) electrons. The summed E-state index contributed by atoms with van der Waals surface area (Å²) in [4.78, 5) is 0.104. The topological polar surface area (TPSA) is 94.3 Å². The molecule has 0 amide bonds. The van der Waals surface area contributed by atoms with Crippen molar-refractivity contribution in [2.45, 2.75) is 23.5 Å². The molecule has 1 aromatic carbocycles. The van der Waals surface area contributed by atoms with E-state index in [-0.39, 0.29) is 22.8 Å². The summed E-state index contributed by atoms with van der Waals surface area (Å²) in [6, 6.07) is 4.51. The van der Waals surface area contributed by atoms with Gasteiger partial charge in [-0.25, -0.2) is 16.8 Å². The molecule has 2 N–H and O–H groups in total. The van der Waals surface area contributed by atoms with Crippen LogP contribution >= 0.6 is 0 Å². The van der Waals surface area contributed by atoms with Crippen molar-refractivity contribution in [3.63, 3.8) is 0 Å². The maximum Gasteiger partial charge on any atom is 0.182 e. The van der Waals surface area contributed by atoms with Crippen LogP contribution < -0.4 is 5.73 Å². The van der Waals surface area contributed by atoms with Crippen molar-refractivity contribution >= 4 is 25.4 Å². The molecule has 1 aliphatic rings. The molecule has 18 heavy (non-hydrogen) atoms. The number of sulfone groups is 2. The second kappa shape index (κ2) is 4.24. The molecular formula is C11H15NO4S2. The quantitative estimate of drug-likeness (QED) is 0.802. The molecule has 5 nitrogen and oxygen atoms in total. The fraction of sp³-hybridized carbons (Fsp3) is 0.455. The molecule has 100 valence electrons. The van der Waals surface area contributed by atoms with Crippen LogP contribution in [0.2, 0.25) is 0 Å². The van der Waals surface area contributed by atoms with Crippen LogP contribution in [0.25, 0.3) is 0 Å². The summed E-state index contributed by atoms with van der Waals surface area (Å²) >= 11 is 0. The Labute approximate surface area is 107 Å². The lowest BCUT2D eigenvalue weighted by atomic mass is 10.2. The van der Waals surface area contributed by atoms with Crippen LogP contribution in [0.4, 0.5) is 5.69 Å². The molecule has 0 aliphatic carbocycles. The van der Waals surface area contributed by atoms with Gasteiger partial charge in [-0.3, -0.25) is 0 Å². The van der Waals surface area contributed by atoms with Gasteiger partial charge in [0.05, 0.1) is 21.7 Å². The molecule has 7 heteroatoms. The number of rotatable bonds is 2. The molecule has 0 aromatic heterocycles. The van der Waals surface area contributed by atoms with E-state index in [1.807, 2.05) is 0 Å². The number of nitrogens with two attached hydrogens (primary N) is 1. The third-order valence-corrected chi connectivity index (χ3v) is 7.38. The Morgan fingerprint density at radius 1 is 1.33 bits per heavy atom. The number of aryl methyl sites for hydroxylation is 1. The lowest BCUT2D eigenvalue weighted by Gasteiger charge is -2.11. The average molecular weight is 289 g/mol. The van der Waals surface area contributed by atoms with Crippen molar-refractivity contribution in [3.8, 4) is 0 Å². The van der Waals surface area contributed by atoms with Crippen molar-refractivity contribution < 1.29 is 16.8 Å². The van der Waals surface area contributed by atoms with E-state index in [1.165, 1.54) is 12.1 Å². The summed E-state index contributed by atoms with van der Waals surface area (Å²) < 4.78 is 47.2. The molecule has 1 heterocycles. The van der Waals surface area contributed by atoms with Gasteiger partial charge in [0.25, 0.3) is 0 Å². The largest absolute Gasteiger partial charge is 0.398 e. The Hall–Kier alpha value is -1.08. The van der Waals surface area contributed by atoms with E-state index in [4.69, 9.17) is 5.73 Å². The number of hydrogen-bond donors (Lipinski definition) is 1. The third-order valence-electron chi connectivity index (χ3n) is 3.21. The molecule has 1 unspecified atom stereocenters. The van der Waals surface area contributed by atoms with Gasteiger partial charge < -0.3 is 5.73 Å². The Bertz CT molecular complexity index is 677. The molecule has 0 bridgehead atoms. The number of anilines is 1. The highest BCUT2D eigenvalue weighted by Crippen LogP contribution is 2.27. The highest BCUT2D eigenvalue weighted by atomic mass is 32.2. The standard InChI is InChI=1S/C11H15NO4S2/c1-8-2-3-9(6-11(8)12)18(15,16)10-4-5-17(13,14)7-10/h2-3,6,10H,4-5,7,12H2,1H3. The number of hydrogen-bond acceptors (Lipinski definition) is 5. The van der Waals surface area contributed by atoms with E-state index in [1.54, 1.807) is 13.0 Å². The maximum absolute atomic E-state index is 12.3. The van der Waals surface area contributed by atoms with Gasteiger partial charge in [0.2, 0.25) is 0 Å². The van der Waals surface area contributed by atoms with Crippen molar-refractivity contribution in [2.75, 3.05) is 17.2 Å². The summed E-state index contributed by atoms with van der Waals surface area (Å²) in [5, 5.41) is -0.843. The van der Waals surface area contributed by atoms with Crippen LogP contribution in [-0.4, -0.2) is 33.6 Å². The van der Waals surface area contributed by atoms with Gasteiger partial charge in [-0.05, 0) is 31.0 Å². The number of benzene rings is 1. The molecule has 1 fully saturated rings. The second-order valence-electron chi connectivity index (χ2n) is 4.59. The first-order chi connectivity index (χ1) is 8.22. The van der Waals surface area contributed by atoms with Crippen LogP contribution in [0.15, 0.2) is 23.1 Å². The van der Waals surface area contributed by atoms with E-state index in [0.29, 0.717) is 5.69 Å². The monoisotopic (exact) mass is 289 g/mol.